The minimum atomic E-state index is -0.147. The highest BCUT2D eigenvalue weighted by atomic mass is 16.5. The number of aromatic nitrogens is 1. The van der Waals surface area contributed by atoms with E-state index in [0.29, 0.717) is 28.7 Å². The van der Waals surface area contributed by atoms with Gasteiger partial charge in [-0.05, 0) is 37.6 Å². The van der Waals surface area contributed by atoms with Crippen molar-refractivity contribution in [3.63, 3.8) is 0 Å². The zero-order valence-electron chi connectivity index (χ0n) is 12.6. The van der Waals surface area contributed by atoms with Crippen LogP contribution in [-0.4, -0.2) is 24.3 Å². The second-order valence-electron chi connectivity index (χ2n) is 4.62. The number of benzene rings is 1. The van der Waals surface area contributed by atoms with E-state index in [-0.39, 0.29) is 6.61 Å². The summed E-state index contributed by atoms with van der Waals surface area (Å²) in [6, 6.07) is 7.27. The summed E-state index contributed by atoms with van der Waals surface area (Å²) < 4.78 is 16.5. The first-order valence-electron chi connectivity index (χ1n) is 6.57. The van der Waals surface area contributed by atoms with Gasteiger partial charge in [0.05, 0.1) is 20.8 Å². The molecule has 21 heavy (non-hydrogen) atoms. The maximum absolute atomic E-state index is 9.54. The highest BCUT2D eigenvalue weighted by Gasteiger charge is 2.16. The molecular formula is C16H19NO4. The largest absolute Gasteiger partial charge is 0.493 e. The van der Waals surface area contributed by atoms with Crippen LogP contribution in [0.2, 0.25) is 0 Å². The minimum Gasteiger partial charge on any atom is -0.493 e. The number of aliphatic hydroxyl groups excluding tert-OH is 1. The molecule has 0 aliphatic rings. The minimum absolute atomic E-state index is 0.147. The molecule has 0 fully saturated rings. The van der Waals surface area contributed by atoms with Crippen molar-refractivity contribution in [3.05, 3.63) is 41.1 Å². The van der Waals surface area contributed by atoms with E-state index < -0.39 is 0 Å². The zero-order chi connectivity index (χ0) is 15.4. The Bertz CT molecular complexity index is 618. The fourth-order valence-electron chi connectivity index (χ4n) is 2.12. The normalized spacial score (nSPS) is 10.3. The standard InChI is InChI=1S/C16H19NO4/c1-10-8-11(2)17-16(12(10)9-18)21-15-13(19-3)6-5-7-14(15)20-4/h5-8,18H,9H2,1-4H3. The molecule has 0 atom stereocenters. The number of hydrogen-bond acceptors (Lipinski definition) is 5. The lowest BCUT2D eigenvalue weighted by molar-refractivity contribution is 0.271. The van der Waals surface area contributed by atoms with Crippen LogP contribution in [0.3, 0.4) is 0 Å². The number of methoxy groups -OCH3 is 2. The number of rotatable bonds is 5. The van der Waals surface area contributed by atoms with Crippen molar-refractivity contribution in [1.29, 1.82) is 0 Å². The van der Waals surface area contributed by atoms with Crippen LogP contribution in [0.15, 0.2) is 24.3 Å². The Morgan fingerprint density at radius 3 is 2.24 bits per heavy atom. The Balaban J connectivity index is 2.52. The van der Waals surface area contributed by atoms with Gasteiger partial charge in [0, 0.05) is 11.3 Å². The predicted molar refractivity (Wildman–Crippen MR) is 79.3 cm³/mol. The quantitative estimate of drug-likeness (QED) is 0.917. The lowest BCUT2D eigenvalue weighted by Gasteiger charge is -2.16. The second-order valence-corrected chi connectivity index (χ2v) is 4.62. The third-order valence-electron chi connectivity index (χ3n) is 3.18. The monoisotopic (exact) mass is 289 g/mol. The lowest BCUT2D eigenvalue weighted by atomic mass is 10.1. The molecule has 0 unspecified atom stereocenters. The molecule has 0 aliphatic heterocycles. The molecule has 0 saturated carbocycles. The molecule has 0 amide bonds. The Kier molecular flexibility index (Phi) is 4.65. The van der Waals surface area contributed by atoms with Gasteiger partial charge in [0.2, 0.25) is 11.6 Å². The van der Waals surface area contributed by atoms with E-state index in [4.69, 9.17) is 14.2 Å². The number of aliphatic hydroxyl groups is 1. The third-order valence-corrected chi connectivity index (χ3v) is 3.18. The number of nitrogens with zero attached hydrogens (tertiary/aromatic N) is 1. The summed E-state index contributed by atoms with van der Waals surface area (Å²) in [7, 11) is 3.12. The molecule has 0 radical (unpaired) electrons. The van der Waals surface area contributed by atoms with Crippen molar-refractivity contribution in [2.75, 3.05) is 14.2 Å². The van der Waals surface area contributed by atoms with Crippen molar-refractivity contribution in [2.45, 2.75) is 20.5 Å². The molecule has 1 aromatic heterocycles. The third kappa shape index (κ3) is 3.08. The van der Waals surface area contributed by atoms with E-state index in [0.717, 1.165) is 11.3 Å². The Hall–Kier alpha value is -2.27. The highest BCUT2D eigenvalue weighted by Crippen LogP contribution is 2.40. The molecule has 0 bridgehead atoms. The van der Waals surface area contributed by atoms with Crippen LogP contribution in [0.5, 0.6) is 23.1 Å². The predicted octanol–water partition coefficient (Wildman–Crippen LogP) is 3.00. The van der Waals surface area contributed by atoms with Crippen molar-refractivity contribution < 1.29 is 19.3 Å². The molecule has 2 rings (SSSR count). The van der Waals surface area contributed by atoms with Crippen molar-refractivity contribution in [2.24, 2.45) is 0 Å². The van der Waals surface area contributed by atoms with Crippen LogP contribution < -0.4 is 14.2 Å². The Labute approximate surface area is 124 Å². The summed E-state index contributed by atoms with van der Waals surface area (Å²) >= 11 is 0. The van der Waals surface area contributed by atoms with Crippen molar-refractivity contribution in [1.82, 2.24) is 4.98 Å². The molecule has 1 heterocycles. The van der Waals surface area contributed by atoms with E-state index in [1.54, 1.807) is 26.4 Å². The fourth-order valence-corrected chi connectivity index (χ4v) is 2.12. The van der Waals surface area contributed by atoms with Crippen molar-refractivity contribution >= 4 is 0 Å². The molecule has 5 heteroatoms. The number of hydrogen-bond donors (Lipinski definition) is 1. The molecule has 0 spiro atoms. The summed E-state index contributed by atoms with van der Waals surface area (Å²) in [6.45, 7) is 3.64. The van der Waals surface area contributed by atoms with E-state index in [1.807, 2.05) is 26.0 Å². The molecule has 1 aromatic carbocycles. The van der Waals surface area contributed by atoms with Gasteiger partial charge in [-0.2, -0.15) is 0 Å². The maximum Gasteiger partial charge on any atom is 0.225 e. The first-order chi connectivity index (χ1) is 10.1. The molecule has 5 nitrogen and oxygen atoms in total. The topological polar surface area (TPSA) is 60.8 Å². The summed E-state index contributed by atoms with van der Waals surface area (Å²) in [5.74, 6) is 1.88. The van der Waals surface area contributed by atoms with Crippen molar-refractivity contribution in [3.8, 4) is 23.1 Å². The first-order valence-corrected chi connectivity index (χ1v) is 6.57. The van der Waals surface area contributed by atoms with Crippen LogP contribution in [0.1, 0.15) is 16.8 Å². The van der Waals surface area contributed by atoms with Gasteiger partial charge >= 0.3 is 0 Å². The van der Waals surface area contributed by atoms with Gasteiger partial charge in [-0.25, -0.2) is 4.98 Å². The summed E-state index contributed by atoms with van der Waals surface area (Å²) in [5, 5.41) is 9.54. The summed E-state index contributed by atoms with van der Waals surface area (Å²) in [6.07, 6.45) is 0. The molecule has 0 aliphatic carbocycles. The van der Waals surface area contributed by atoms with Gasteiger partial charge in [-0.15, -0.1) is 0 Å². The number of para-hydroxylation sites is 1. The average molecular weight is 289 g/mol. The smallest absolute Gasteiger partial charge is 0.225 e. The Morgan fingerprint density at radius 1 is 1.10 bits per heavy atom. The molecular weight excluding hydrogens is 270 g/mol. The van der Waals surface area contributed by atoms with Gasteiger partial charge in [-0.1, -0.05) is 6.07 Å². The number of ether oxygens (including phenoxy) is 3. The van der Waals surface area contributed by atoms with Crippen LogP contribution in [0.4, 0.5) is 0 Å². The van der Waals surface area contributed by atoms with E-state index in [2.05, 4.69) is 4.98 Å². The van der Waals surface area contributed by atoms with Crippen LogP contribution in [0, 0.1) is 13.8 Å². The van der Waals surface area contributed by atoms with Gasteiger partial charge in [-0.3, -0.25) is 0 Å². The van der Waals surface area contributed by atoms with Crippen LogP contribution in [-0.2, 0) is 6.61 Å². The summed E-state index contributed by atoms with van der Waals surface area (Å²) in [4.78, 5) is 4.36. The van der Waals surface area contributed by atoms with E-state index in [9.17, 15) is 5.11 Å². The molecule has 2 aromatic rings. The number of pyridine rings is 1. The SMILES string of the molecule is COc1cccc(OC)c1Oc1nc(C)cc(C)c1CO. The first kappa shape index (κ1) is 15.1. The molecule has 1 N–H and O–H groups in total. The van der Waals surface area contributed by atoms with Crippen LogP contribution >= 0.6 is 0 Å². The lowest BCUT2D eigenvalue weighted by Crippen LogP contribution is -2.02. The highest BCUT2D eigenvalue weighted by molar-refractivity contribution is 5.53. The van der Waals surface area contributed by atoms with E-state index >= 15 is 0 Å². The Morgan fingerprint density at radius 2 is 1.71 bits per heavy atom. The van der Waals surface area contributed by atoms with Gasteiger partial charge in [0.25, 0.3) is 0 Å². The summed E-state index contributed by atoms with van der Waals surface area (Å²) in [5.41, 5.74) is 2.39. The molecule has 0 saturated heterocycles. The second kappa shape index (κ2) is 6.45. The molecule has 112 valence electrons. The van der Waals surface area contributed by atoms with Crippen LogP contribution in [0.25, 0.3) is 0 Å². The zero-order valence-corrected chi connectivity index (χ0v) is 12.6. The fraction of sp³-hybridized carbons (Fsp3) is 0.312. The van der Waals surface area contributed by atoms with Gasteiger partial charge in [0.1, 0.15) is 0 Å². The van der Waals surface area contributed by atoms with E-state index in [1.165, 1.54) is 0 Å². The number of aryl methyl sites for hydroxylation is 2. The van der Waals surface area contributed by atoms with Gasteiger partial charge < -0.3 is 19.3 Å². The maximum atomic E-state index is 9.54. The van der Waals surface area contributed by atoms with Gasteiger partial charge in [0.15, 0.2) is 11.5 Å². The average Bonchev–Trinajstić information content (AvgIpc) is 2.47.